The molecular weight excluding hydrogens is 299 g/mol. The lowest BCUT2D eigenvalue weighted by molar-refractivity contribution is -0.141. The molecule has 1 aromatic rings. The molecule has 124 valence electrons. The van der Waals surface area contributed by atoms with Gasteiger partial charge in [0.25, 0.3) is 5.91 Å². The Balaban J connectivity index is 2.06. The van der Waals surface area contributed by atoms with Crippen molar-refractivity contribution in [2.75, 3.05) is 20.3 Å². The normalized spacial score (nSPS) is 19.5. The largest absolute Gasteiger partial charge is 0.432 e. The summed E-state index contributed by atoms with van der Waals surface area (Å²) in [4.78, 5) is 14.1. The summed E-state index contributed by atoms with van der Waals surface area (Å²) in [5.74, 6) is -0.436. The van der Waals surface area contributed by atoms with Gasteiger partial charge in [-0.25, -0.2) is 0 Å². The molecule has 22 heavy (non-hydrogen) atoms. The average Bonchev–Trinajstić information content (AvgIpc) is 2.97. The van der Waals surface area contributed by atoms with Gasteiger partial charge in [-0.15, -0.1) is 0 Å². The summed E-state index contributed by atoms with van der Waals surface area (Å²) in [7, 11) is 1.62. The zero-order valence-corrected chi connectivity index (χ0v) is 12.4. The summed E-state index contributed by atoms with van der Waals surface area (Å²) in [6.45, 7) is 1.17. The number of amides is 1. The number of hydrogen-bond donors (Lipinski definition) is 1. The van der Waals surface area contributed by atoms with Crippen LogP contribution in [0.2, 0.25) is 0 Å². The van der Waals surface area contributed by atoms with E-state index in [-0.39, 0.29) is 11.7 Å². The molecule has 1 atom stereocenters. The van der Waals surface area contributed by atoms with Crippen LogP contribution in [-0.2, 0) is 10.9 Å². The number of aromatic amines is 1. The number of methoxy groups -OCH3 is 1. The van der Waals surface area contributed by atoms with Gasteiger partial charge in [0.2, 0.25) is 0 Å². The van der Waals surface area contributed by atoms with Crippen LogP contribution in [0, 0.1) is 0 Å². The third kappa shape index (κ3) is 4.00. The Hall–Kier alpha value is -1.57. The summed E-state index contributed by atoms with van der Waals surface area (Å²) in [6.07, 6.45) is -0.161. The average molecular weight is 319 g/mol. The Labute approximate surface area is 126 Å². The number of ether oxygens (including phenoxy) is 1. The number of nitrogens with zero attached hydrogens (tertiary/aromatic N) is 2. The van der Waals surface area contributed by atoms with Crippen molar-refractivity contribution in [1.82, 2.24) is 15.1 Å². The summed E-state index contributed by atoms with van der Waals surface area (Å²) in [5.41, 5.74) is -1.17. The molecule has 0 spiro atoms. The lowest BCUT2D eigenvalue weighted by atomic mass is 9.97. The van der Waals surface area contributed by atoms with Crippen LogP contribution in [-0.4, -0.2) is 47.3 Å². The lowest BCUT2D eigenvalue weighted by Gasteiger charge is -2.35. The highest BCUT2D eigenvalue weighted by atomic mass is 19.4. The molecule has 0 aromatic carbocycles. The number of rotatable bonds is 5. The lowest BCUT2D eigenvalue weighted by Crippen LogP contribution is -2.44. The van der Waals surface area contributed by atoms with Gasteiger partial charge < -0.3 is 9.64 Å². The molecule has 8 heteroatoms. The molecule has 1 fully saturated rings. The number of aromatic nitrogens is 2. The van der Waals surface area contributed by atoms with Crippen LogP contribution in [0.25, 0.3) is 0 Å². The molecule has 1 saturated heterocycles. The smallest absolute Gasteiger partial charge is 0.385 e. The van der Waals surface area contributed by atoms with Gasteiger partial charge in [0.05, 0.1) is 0 Å². The number of nitrogens with one attached hydrogen (secondary N) is 1. The van der Waals surface area contributed by atoms with E-state index in [1.54, 1.807) is 12.0 Å². The first-order valence-corrected chi connectivity index (χ1v) is 7.36. The summed E-state index contributed by atoms with van der Waals surface area (Å²) in [5, 5.41) is 5.42. The molecule has 1 aliphatic heterocycles. The molecule has 1 N–H and O–H groups in total. The van der Waals surface area contributed by atoms with Gasteiger partial charge >= 0.3 is 6.18 Å². The molecule has 5 nitrogen and oxygen atoms in total. The van der Waals surface area contributed by atoms with E-state index >= 15 is 0 Å². The van der Waals surface area contributed by atoms with Gasteiger partial charge in [-0.3, -0.25) is 9.89 Å². The van der Waals surface area contributed by atoms with E-state index in [0.29, 0.717) is 13.2 Å². The van der Waals surface area contributed by atoms with E-state index in [9.17, 15) is 18.0 Å². The van der Waals surface area contributed by atoms with E-state index in [2.05, 4.69) is 5.10 Å². The maximum Gasteiger partial charge on any atom is 0.432 e. The van der Waals surface area contributed by atoms with Gasteiger partial charge in [-0.2, -0.15) is 18.3 Å². The molecule has 1 aromatic heterocycles. The minimum absolute atomic E-state index is 0.0439. The number of carbonyl (C=O) groups is 1. The highest BCUT2D eigenvalue weighted by Gasteiger charge is 2.35. The minimum atomic E-state index is -4.52. The van der Waals surface area contributed by atoms with Crippen molar-refractivity contribution < 1.29 is 22.7 Å². The first-order chi connectivity index (χ1) is 10.4. The molecule has 1 aliphatic rings. The molecule has 0 unspecified atom stereocenters. The van der Waals surface area contributed by atoms with Crippen molar-refractivity contribution in [3.63, 3.8) is 0 Å². The van der Waals surface area contributed by atoms with Crippen molar-refractivity contribution in [3.8, 4) is 0 Å². The second kappa shape index (κ2) is 7.13. The van der Waals surface area contributed by atoms with Crippen LogP contribution < -0.4 is 0 Å². The topological polar surface area (TPSA) is 58.2 Å². The second-order valence-electron chi connectivity index (χ2n) is 5.45. The number of H-pyrrole nitrogens is 1. The van der Waals surface area contributed by atoms with Crippen LogP contribution in [0.5, 0.6) is 0 Å². The van der Waals surface area contributed by atoms with Crippen molar-refractivity contribution >= 4 is 5.91 Å². The van der Waals surface area contributed by atoms with Crippen molar-refractivity contribution in [1.29, 1.82) is 0 Å². The fourth-order valence-corrected chi connectivity index (χ4v) is 2.75. The van der Waals surface area contributed by atoms with Crippen LogP contribution in [0.3, 0.4) is 0 Å². The number of piperidine rings is 1. The first kappa shape index (κ1) is 16.8. The predicted octanol–water partition coefficient (Wildman–Crippen LogP) is 2.85. The van der Waals surface area contributed by atoms with Gasteiger partial charge in [-0.05, 0) is 32.1 Å². The van der Waals surface area contributed by atoms with E-state index in [1.165, 1.54) is 0 Å². The monoisotopic (exact) mass is 319 g/mol. The predicted molar refractivity (Wildman–Crippen MR) is 73.4 cm³/mol. The van der Waals surface area contributed by atoms with E-state index in [1.807, 2.05) is 5.10 Å². The molecule has 2 rings (SSSR count). The van der Waals surface area contributed by atoms with Gasteiger partial charge in [0.1, 0.15) is 5.69 Å². The summed E-state index contributed by atoms with van der Waals surface area (Å²) < 4.78 is 42.7. The number of alkyl halides is 3. The zero-order valence-electron chi connectivity index (χ0n) is 12.4. The van der Waals surface area contributed by atoms with Crippen LogP contribution in [0.1, 0.15) is 48.3 Å². The Kier molecular flexibility index (Phi) is 5.44. The molecule has 2 heterocycles. The Bertz CT molecular complexity index is 502. The number of hydrogen-bond acceptors (Lipinski definition) is 3. The third-order valence-electron chi connectivity index (χ3n) is 3.88. The maximum atomic E-state index is 12.6. The molecular formula is C14H20F3N3O2. The minimum Gasteiger partial charge on any atom is -0.385 e. The highest BCUT2D eigenvalue weighted by Crippen LogP contribution is 2.29. The number of carbonyl (C=O) groups excluding carboxylic acids is 1. The molecule has 0 bridgehead atoms. The maximum absolute atomic E-state index is 12.6. The molecule has 0 saturated carbocycles. The van der Waals surface area contributed by atoms with Crippen LogP contribution in [0.15, 0.2) is 6.07 Å². The Morgan fingerprint density at radius 3 is 2.91 bits per heavy atom. The molecule has 0 radical (unpaired) electrons. The standard InChI is InChI=1S/C14H20F3N3O2/c1-22-8-4-6-10-5-2-3-7-20(10)13(21)11-9-12(19-18-11)14(15,16)17/h9-10H,2-8H2,1H3,(H,18,19)/t10-/m0/s1. The van der Waals surface area contributed by atoms with E-state index in [4.69, 9.17) is 4.74 Å². The highest BCUT2D eigenvalue weighted by molar-refractivity contribution is 5.92. The molecule has 1 amide bonds. The fourth-order valence-electron chi connectivity index (χ4n) is 2.75. The van der Waals surface area contributed by atoms with E-state index in [0.717, 1.165) is 38.2 Å². The van der Waals surface area contributed by atoms with Gasteiger partial charge in [0, 0.05) is 32.4 Å². The fraction of sp³-hybridized carbons (Fsp3) is 0.714. The van der Waals surface area contributed by atoms with Gasteiger partial charge in [0.15, 0.2) is 5.69 Å². The third-order valence-corrected chi connectivity index (χ3v) is 3.88. The molecule has 0 aliphatic carbocycles. The van der Waals surface area contributed by atoms with Crippen molar-refractivity contribution in [3.05, 3.63) is 17.5 Å². The SMILES string of the molecule is COCCC[C@@H]1CCCCN1C(=O)c1cc(C(F)(F)F)[nH]n1. The van der Waals surface area contributed by atoms with Crippen molar-refractivity contribution in [2.24, 2.45) is 0 Å². The number of likely N-dealkylation sites (tertiary alicyclic amines) is 1. The second-order valence-corrected chi connectivity index (χ2v) is 5.45. The Morgan fingerprint density at radius 1 is 1.50 bits per heavy atom. The van der Waals surface area contributed by atoms with Crippen LogP contribution >= 0.6 is 0 Å². The first-order valence-electron chi connectivity index (χ1n) is 7.36. The summed E-state index contributed by atoms with van der Waals surface area (Å²) >= 11 is 0. The van der Waals surface area contributed by atoms with Crippen LogP contribution in [0.4, 0.5) is 13.2 Å². The quantitative estimate of drug-likeness (QED) is 0.849. The Morgan fingerprint density at radius 2 is 2.27 bits per heavy atom. The van der Waals surface area contributed by atoms with Crippen molar-refractivity contribution in [2.45, 2.75) is 44.3 Å². The zero-order chi connectivity index (χ0) is 16.2. The number of halogens is 3. The summed E-state index contributed by atoms with van der Waals surface area (Å²) in [6, 6.07) is 0.825. The van der Waals surface area contributed by atoms with E-state index < -0.39 is 17.8 Å². The van der Waals surface area contributed by atoms with Gasteiger partial charge in [-0.1, -0.05) is 0 Å².